The summed E-state index contributed by atoms with van der Waals surface area (Å²) in [6.07, 6.45) is 22.9. The summed E-state index contributed by atoms with van der Waals surface area (Å²) in [4.78, 5) is 0. The number of allylic oxidation sites excluding steroid dienone is 2. The van der Waals surface area contributed by atoms with Crippen molar-refractivity contribution >= 4 is 0 Å². The van der Waals surface area contributed by atoms with Crippen LogP contribution in [-0.2, 0) is 0 Å². The smallest absolute Gasteiger partial charge is 0.0260 e. The van der Waals surface area contributed by atoms with Gasteiger partial charge in [-0.15, -0.1) is 0 Å². The van der Waals surface area contributed by atoms with Gasteiger partial charge in [0.15, 0.2) is 0 Å². The van der Waals surface area contributed by atoms with Gasteiger partial charge in [0.2, 0.25) is 0 Å². The van der Waals surface area contributed by atoms with Gasteiger partial charge in [-0.1, -0.05) is 31.4 Å². The topological polar surface area (TPSA) is 0 Å². The summed E-state index contributed by atoms with van der Waals surface area (Å²) in [7, 11) is 0. The van der Waals surface area contributed by atoms with Gasteiger partial charge in [-0.05, 0) is 68.6 Å². The van der Waals surface area contributed by atoms with E-state index in [0.29, 0.717) is 0 Å². The summed E-state index contributed by atoms with van der Waals surface area (Å²) in [5.41, 5.74) is 1.56. The third-order valence-electron chi connectivity index (χ3n) is 5.84. The Morgan fingerprint density at radius 2 is 1.25 bits per heavy atom. The van der Waals surface area contributed by atoms with Crippen LogP contribution in [0.1, 0.15) is 77.0 Å². The molecule has 0 radical (unpaired) electrons. The Morgan fingerprint density at radius 1 is 0.562 bits per heavy atom. The van der Waals surface area contributed by atoms with Crippen LogP contribution in [0.3, 0.4) is 0 Å². The highest BCUT2D eigenvalue weighted by molar-refractivity contribution is 5.02. The fourth-order valence-electron chi connectivity index (χ4n) is 4.51. The summed E-state index contributed by atoms with van der Waals surface area (Å²) in [6, 6.07) is 0. The first-order valence-electron chi connectivity index (χ1n) is 7.48. The number of hydrogen-bond donors (Lipinski definition) is 0. The molecule has 0 aromatic rings. The van der Waals surface area contributed by atoms with Gasteiger partial charge in [-0.25, -0.2) is 0 Å². The number of hydrogen-bond acceptors (Lipinski definition) is 0. The first-order chi connectivity index (χ1) is 7.83. The van der Waals surface area contributed by atoms with Gasteiger partial charge in [-0.3, -0.25) is 0 Å². The van der Waals surface area contributed by atoms with Crippen molar-refractivity contribution in [2.45, 2.75) is 77.0 Å². The van der Waals surface area contributed by atoms with E-state index in [9.17, 15) is 0 Å². The second kappa shape index (κ2) is 4.20. The Morgan fingerprint density at radius 3 is 1.88 bits per heavy atom. The summed E-state index contributed by atoms with van der Waals surface area (Å²) in [5.74, 6) is 0. The van der Waals surface area contributed by atoms with Crippen LogP contribution in [0.5, 0.6) is 0 Å². The average Bonchev–Trinajstić information content (AvgIpc) is 2.36. The molecule has 2 saturated carbocycles. The normalized spacial score (nSPS) is 32.0. The van der Waals surface area contributed by atoms with Gasteiger partial charge in [0.25, 0.3) is 0 Å². The molecule has 3 rings (SSSR count). The van der Waals surface area contributed by atoms with Crippen LogP contribution in [0.2, 0.25) is 0 Å². The van der Waals surface area contributed by atoms with Crippen LogP contribution in [0.15, 0.2) is 12.2 Å². The van der Waals surface area contributed by atoms with Crippen molar-refractivity contribution < 1.29 is 0 Å². The molecular weight excluding hydrogens is 192 g/mol. The van der Waals surface area contributed by atoms with Crippen LogP contribution in [0.4, 0.5) is 0 Å². The largest absolute Gasteiger partial charge is 0.0885 e. The molecule has 90 valence electrons. The maximum Gasteiger partial charge on any atom is -0.0260 e. The molecule has 0 saturated heterocycles. The van der Waals surface area contributed by atoms with Crippen molar-refractivity contribution in [1.82, 2.24) is 0 Å². The fourth-order valence-corrected chi connectivity index (χ4v) is 4.51. The molecule has 0 heterocycles. The molecule has 0 N–H and O–H groups in total. The van der Waals surface area contributed by atoms with E-state index in [4.69, 9.17) is 0 Å². The van der Waals surface area contributed by atoms with Crippen LogP contribution < -0.4 is 0 Å². The average molecular weight is 218 g/mol. The summed E-state index contributed by atoms with van der Waals surface area (Å²) >= 11 is 0. The van der Waals surface area contributed by atoms with E-state index >= 15 is 0 Å². The predicted octanol–water partition coefficient (Wildman–Crippen LogP) is 5.24. The third kappa shape index (κ3) is 1.96. The van der Waals surface area contributed by atoms with E-state index in [1.807, 2.05) is 0 Å². The molecule has 0 amide bonds. The van der Waals surface area contributed by atoms with Crippen molar-refractivity contribution in [3.63, 3.8) is 0 Å². The highest BCUT2D eigenvalue weighted by Crippen LogP contribution is 2.55. The van der Waals surface area contributed by atoms with E-state index < -0.39 is 0 Å². The lowest BCUT2D eigenvalue weighted by molar-refractivity contribution is 0.0401. The van der Waals surface area contributed by atoms with Gasteiger partial charge < -0.3 is 0 Å². The Labute approximate surface area is 101 Å². The Hall–Kier alpha value is -0.260. The maximum atomic E-state index is 2.46. The van der Waals surface area contributed by atoms with E-state index in [-0.39, 0.29) is 0 Å². The zero-order valence-corrected chi connectivity index (χ0v) is 10.6. The molecule has 0 nitrogen and oxygen atoms in total. The van der Waals surface area contributed by atoms with Crippen LogP contribution in [0.25, 0.3) is 0 Å². The minimum Gasteiger partial charge on any atom is -0.0885 e. The molecule has 2 spiro atoms. The minimum atomic E-state index is 0.747. The van der Waals surface area contributed by atoms with Crippen molar-refractivity contribution in [2.75, 3.05) is 0 Å². The molecule has 0 bridgehead atoms. The molecule has 2 fully saturated rings. The van der Waals surface area contributed by atoms with Gasteiger partial charge >= 0.3 is 0 Å². The van der Waals surface area contributed by atoms with Crippen LogP contribution >= 0.6 is 0 Å². The first-order valence-corrected chi connectivity index (χ1v) is 7.48. The highest BCUT2D eigenvalue weighted by Gasteiger charge is 2.42. The molecule has 0 aliphatic heterocycles. The molecule has 0 unspecified atom stereocenters. The zero-order valence-electron chi connectivity index (χ0n) is 10.6. The molecule has 16 heavy (non-hydrogen) atoms. The minimum absolute atomic E-state index is 0.747. The Balaban J connectivity index is 1.64. The van der Waals surface area contributed by atoms with Crippen molar-refractivity contribution in [2.24, 2.45) is 10.8 Å². The summed E-state index contributed by atoms with van der Waals surface area (Å²) < 4.78 is 0. The van der Waals surface area contributed by atoms with E-state index in [1.54, 1.807) is 25.7 Å². The second-order valence-electron chi connectivity index (χ2n) is 6.77. The Bertz CT molecular complexity index is 258. The molecule has 0 aromatic heterocycles. The molecule has 0 aromatic carbocycles. The quantitative estimate of drug-likeness (QED) is 0.488. The molecule has 0 heteroatoms. The summed E-state index contributed by atoms with van der Waals surface area (Å²) in [6.45, 7) is 0. The van der Waals surface area contributed by atoms with Crippen molar-refractivity contribution in [3.05, 3.63) is 12.2 Å². The lowest BCUT2D eigenvalue weighted by Crippen LogP contribution is -2.36. The molecular formula is C16H26. The third-order valence-corrected chi connectivity index (χ3v) is 5.84. The van der Waals surface area contributed by atoms with Gasteiger partial charge in [-0.2, -0.15) is 0 Å². The standard InChI is InChI=1S/C16H26/c1-3-7-15(8-4-1)11-13-16(14-12-15)9-5-2-6-10-16/h1,3H,2,4-14H2. The van der Waals surface area contributed by atoms with E-state index in [1.165, 1.54) is 51.4 Å². The fraction of sp³-hybridized carbons (Fsp3) is 0.875. The lowest BCUT2D eigenvalue weighted by atomic mass is 9.56. The van der Waals surface area contributed by atoms with Crippen LogP contribution in [-0.4, -0.2) is 0 Å². The van der Waals surface area contributed by atoms with E-state index in [0.717, 1.165) is 10.8 Å². The van der Waals surface area contributed by atoms with E-state index in [2.05, 4.69) is 12.2 Å². The van der Waals surface area contributed by atoms with Gasteiger partial charge in [0, 0.05) is 0 Å². The zero-order chi connectivity index (χ0) is 10.9. The van der Waals surface area contributed by atoms with Crippen molar-refractivity contribution in [1.29, 1.82) is 0 Å². The predicted molar refractivity (Wildman–Crippen MR) is 69.4 cm³/mol. The monoisotopic (exact) mass is 218 g/mol. The Kier molecular flexibility index (Phi) is 2.85. The van der Waals surface area contributed by atoms with Gasteiger partial charge in [0.05, 0.1) is 0 Å². The lowest BCUT2D eigenvalue weighted by Gasteiger charge is -2.49. The second-order valence-corrected chi connectivity index (χ2v) is 6.77. The van der Waals surface area contributed by atoms with Crippen molar-refractivity contribution in [3.8, 4) is 0 Å². The first kappa shape index (κ1) is 10.9. The maximum absolute atomic E-state index is 2.46. The molecule has 3 aliphatic carbocycles. The highest BCUT2D eigenvalue weighted by atomic mass is 14.5. The summed E-state index contributed by atoms with van der Waals surface area (Å²) in [5, 5.41) is 0. The van der Waals surface area contributed by atoms with Gasteiger partial charge in [0.1, 0.15) is 0 Å². The van der Waals surface area contributed by atoms with Crippen LogP contribution in [0, 0.1) is 10.8 Å². The molecule has 3 aliphatic rings. The SMILES string of the molecule is C1=CCC2(CC1)CCC1(CCCCC1)CC2. The molecule has 0 atom stereocenters. The number of rotatable bonds is 0.